The van der Waals surface area contributed by atoms with Crippen molar-refractivity contribution in [1.29, 1.82) is 0 Å². The number of nitrogens with zero attached hydrogens (tertiary/aromatic N) is 2. The molecule has 6 nitrogen and oxygen atoms in total. The van der Waals surface area contributed by atoms with Gasteiger partial charge in [0, 0.05) is 31.8 Å². The van der Waals surface area contributed by atoms with E-state index in [9.17, 15) is 9.59 Å². The number of hydrogen-bond donors (Lipinski definition) is 2. The van der Waals surface area contributed by atoms with E-state index in [-0.39, 0.29) is 12.3 Å². The number of nitrogens with one attached hydrogen (secondary N) is 1. The fourth-order valence-electron chi connectivity index (χ4n) is 3.08. The zero-order valence-corrected chi connectivity index (χ0v) is 18.2. The highest BCUT2D eigenvalue weighted by atomic mass is 127. The van der Waals surface area contributed by atoms with Crippen LogP contribution in [0.15, 0.2) is 59.7 Å². The van der Waals surface area contributed by atoms with Gasteiger partial charge in [0.05, 0.1) is 12.6 Å². The Hall–Kier alpha value is -2.94. The fraction of sp³-hybridized carbons (Fsp3) is 0.136. The minimum Gasteiger partial charge on any atom is -0.481 e. The van der Waals surface area contributed by atoms with Gasteiger partial charge in [-0.15, -0.1) is 0 Å². The minimum absolute atomic E-state index is 0.00208. The number of carbonyl (C=O) groups is 2. The Morgan fingerprint density at radius 2 is 1.76 bits per heavy atom. The van der Waals surface area contributed by atoms with Gasteiger partial charge >= 0.3 is 5.97 Å². The van der Waals surface area contributed by atoms with E-state index in [0.717, 1.165) is 31.8 Å². The molecular weight excluding hydrogens is 481 g/mol. The number of halogens is 1. The van der Waals surface area contributed by atoms with Crippen molar-refractivity contribution < 1.29 is 14.7 Å². The summed E-state index contributed by atoms with van der Waals surface area (Å²) in [7, 11) is 0. The lowest BCUT2D eigenvalue weighted by Gasteiger charge is -2.10. The summed E-state index contributed by atoms with van der Waals surface area (Å²) < 4.78 is 3.12. The molecule has 7 heteroatoms. The largest absolute Gasteiger partial charge is 0.481 e. The Morgan fingerprint density at radius 1 is 1.10 bits per heavy atom. The van der Waals surface area contributed by atoms with E-state index in [1.165, 1.54) is 0 Å². The highest BCUT2D eigenvalue weighted by Gasteiger charge is 2.10. The van der Waals surface area contributed by atoms with E-state index in [4.69, 9.17) is 5.11 Å². The predicted molar refractivity (Wildman–Crippen MR) is 121 cm³/mol. The lowest BCUT2D eigenvalue weighted by atomic mass is 10.1. The second-order valence-electron chi connectivity index (χ2n) is 6.60. The van der Waals surface area contributed by atoms with E-state index in [1.54, 1.807) is 18.3 Å². The Bertz CT molecular complexity index is 1070. The molecule has 1 heterocycles. The standard InChI is InChI=1S/C22H20IN3O3/c1-14-11-18(13-24-25-22(29)17-5-7-19(23)8-6-17)15(2)26(14)20-9-3-16(4-10-20)12-21(27)28/h3-11,13H,12H2,1-2H3,(H,25,29)(H,27,28)/b24-13-. The van der Waals surface area contributed by atoms with Crippen LogP contribution in [0, 0.1) is 17.4 Å². The topological polar surface area (TPSA) is 83.7 Å². The molecule has 0 unspecified atom stereocenters. The molecule has 0 atom stereocenters. The third-order valence-electron chi connectivity index (χ3n) is 4.50. The van der Waals surface area contributed by atoms with Crippen molar-refractivity contribution in [2.45, 2.75) is 20.3 Å². The number of aliphatic carboxylic acids is 1. The number of hydrazone groups is 1. The Balaban J connectivity index is 1.75. The molecule has 3 aromatic rings. The van der Waals surface area contributed by atoms with Crippen molar-refractivity contribution in [3.63, 3.8) is 0 Å². The van der Waals surface area contributed by atoms with Crippen LogP contribution in [0.4, 0.5) is 0 Å². The number of benzene rings is 2. The second-order valence-corrected chi connectivity index (χ2v) is 7.85. The van der Waals surface area contributed by atoms with Crippen molar-refractivity contribution in [2.75, 3.05) is 0 Å². The first-order valence-electron chi connectivity index (χ1n) is 8.94. The molecule has 0 saturated carbocycles. The van der Waals surface area contributed by atoms with Gasteiger partial charge in [-0.1, -0.05) is 12.1 Å². The molecular formula is C22H20IN3O3. The number of hydrogen-bond acceptors (Lipinski definition) is 3. The van der Waals surface area contributed by atoms with Gasteiger partial charge in [-0.3, -0.25) is 9.59 Å². The molecule has 3 rings (SSSR count). The third kappa shape index (κ3) is 5.11. The normalized spacial score (nSPS) is 11.0. The third-order valence-corrected chi connectivity index (χ3v) is 5.22. The first-order chi connectivity index (χ1) is 13.8. The summed E-state index contributed by atoms with van der Waals surface area (Å²) >= 11 is 2.19. The van der Waals surface area contributed by atoms with Crippen molar-refractivity contribution in [1.82, 2.24) is 9.99 Å². The number of carbonyl (C=O) groups excluding carboxylic acids is 1. The summed E-state index contributed by atoms with van der Waals surface area (Å²) in [6, 6.07) is 16.7. The Morgan fingerprint density at radius 3 is 2.38 bits per heavy atom. The summed E-state index contributed by atoms with van der Waals surface area (Å²) in [4.78, 5) is 23.0. The predicted octanol–water partition coefficient (Wildman–Crippen LogP) is 4.09. The van der Waals surface area contributed by atoms with Crippen LogP contribution in [0.1, 0.15) is 32.9 Å². The summed E-state index contributed by atoms with van der Waals surface area (Å²) in [5.41, 5.74) is 7.67. The van der Waals surface area contributed by atoms with E-state index in [2.05, 4.69) is 37.7 Å². The van der Waals surface area contributed by atoms with Gasteiger partial charge in [0.15, 0.2) is 0 Å². The molecule has 0 saturated heterocycles. The molecule has 0 aliphatic heterocycles. The average molecular weight is 501 g/mol. The summed E-state index contributed by atoms with van der Waals surface area (Å²) in [6.07, 6.45) is 1.63. The number of aromatic nitrogens is 1. The first kappa shape index (κ1) is 20.8. The van der Waals surface area contributed by atoms with Gasteiger partial charge in [-0.2, -0.15) is 5.10 Å². The smallest absolute Gasteiger partial charge is 0.307 e. The maximum absolute atomic E-state index is 12.2. The highest BCUT2D eigenvalue weighted by molar-refractivity contribution is 14.1. The fourth-order valence-corrected chi connectivity index (χ4v) is 3.44. The molecule has 148 valence electrons. The average Bonchev–Trinajstić information content (AvgIpc) is 2.96. The monoisotopic (exact) mass is 501 g/mol. The number of carboxylic acids is 1. The molecule has 0 fully saturated rings. The molecule has 0 radical (unpaired) electrons. The van der Waals surface area contributed by atoms with Crippen LogP contribution in [0.2, 0.25) is 0 Å². The second kappa shape index (κ2) is 9.04. The number of amides is 1. The van der Waals surface area contributed by atoms with Crippen LogP contribution in [-0.4, -0.2) is 27.8 Å². The lowest BCUT2D eigenvalue weighted by Crippen LogP contribution is -2.17. The van der Waals surface area contributed by atoms with Crippen LogP contribution in [0.25, 0.3) is 5.69 Å². The molecule has 1 aromatic heterocycles. The zero-order chi connectivity index (χ0) is 21.0. The summed E-state index contributed by atoms with van der Waals surface area (Å²) in [5, 5.41) is 13.0. The highest BCUT2D eigenvalue weighted by Crippen LogP contribution is 2.20. The Labute approximate surface area is 182 Å². The molecule has 0 bridgehead atoms. The van der Waals surface area contributed by atoms with Gasteiger partial charge in [0.2, 0.25) is 0 Å². The number of rotatable bonds is 6. The van der Waals surface area contributed by atoms with Gasteiger partial charge in [-0.05, 0) is 84.5 Å². The molecule has 0 aliphatic rings. The summed E-state index contributed by atoms with van der Waals surface area (Å²) in [5.74, 6) is -1.11. The van der Waals surface area contributed by atoms with Gasteiger partial charge in [0.1, 0.15) is 0 Å². The van der Waals surface area contributed by atoms with Crippen molar-refractivity contribution in [3.05, 3.63) is 86.2 Å². The van der Waals surface area contributed by atoms with E-state index < -0.39 is 5.97 Å². The first-order valence-corrected chi connectivity index (χ1v) is 10.0. The van der Waals surface area contributed by atoms with Crippen molar-refractivity contribution in [2.24, 2.45) is 5.10 Å². The number of carboxylic acid groups (broad SMARTS) is 1. The van der Waals surface area contributed by atoms with E-state index in [1.807, 2.05) is 56.3 Å². The van der Waals surface area contributed by atoms with Crippen molar-refractivity contribution in [3.8, 4) is 5.69 Å². The van der Waals surface area contributed by atoms with Gasteiger partial charge < -0.3 is 9.67 Å². The molecule has 2 N–H and O–H groups in total. The maximum Gasteiger partial charge on any atom is 0.307 e. The quantitative estimate of drug-likeness (QED) is 0.303. The zero-order valence-electron chi connectivity index (χ0n) is 16.0. The molecule has 0 spiro atoms. The maximum atomic E-state index is 12.2. The summed E-state index contributed by atoms with van der Waals surface area (Å²) in [6.45, 7) is 3.96. The van der Waals surface area contributed by atoms with Crippen LogP contribution < -0.4 is 5.43 Å². The molecule has 0 aliphatic carbocycles. The van der Waals surface area contributed by atoms with Crippen LogP contribution in [-0.2, 0) is 11.2 Å². The number of aryl methyl sites for hydroxylation is 1. The minimum atomic E-state index is -0.850. The molecule has 2 aromatic carbocycles. The Kier molecular flexibility index (Phi) is 6.48. The van der Waals surface area contributed by atoms with Gasteiger partial charge in [-0.25, -0.2) is 5.43 Å². The van der Waals surface area contributed by atoms with Crippen LogP contribution in [0.5, 0.6) is 0 Å². The SMILES string of the molecule is Cc1cc(/C=N\NC(=O)c2ccc(I)cc2)c(C)n1-c1ccc(CC(=O)O)cc1. The molecule has 29 heavy (non-hydrogen) atoms. The lowest BCUT2D eigenvalue weighted by molar-refractivity contribution is -0.136. The van der Waals surface area contributed by atoms with Crippen LogP contribution in [0.3, 0.4) is 0 Å². The van der Waals surface area contributed by atoms with E-state index in [0.29, 0.717) is 5.56 Å². The van der Waals surface area contributed by atoms with Crippen molar-refractivity contribution >= 4 is 40.7 Å². The van der Waals surface area contributed by atoms with Crippen LogP contribution >= 0.6 is 22.6 Å². The van der Waals surface area contributed by atoms with Gasteiger partial charge in [0.25, 0.3) is 5.91 Å². The van der Waals surface area contributed by atoms with E-state index >= 15 is 0 Å². The molecule has 1 amide bonds.